The molecule has 0 aliphatic carbocycles. The maximum atomic E-state index is 5.93. The number of anilines is 2. The van der Waals surface area contributed by atoms with Crippen LogP contribution in [0.1, 0.15) is 102 Å². The molecule has 1 aromatic carbocycles. The Labute approximate surface area is 161 Å². The molecule has 150 valence electrons. The van der Waals surface area contributed by atoms with E-state index < -0.39 is 0 Å². The SMILES string of the molecule is CCCCCCCCCCCCCCCCOCc1ccc(N)cc1N. The lowest BCUT2D eigenvalue weighted by Gasteiger charge is -2.08. The van der Waals surface area contributed by atoms with Gasteiger partial charge in [0.1, 0.15) is 0 Å². The maximum absolute atomic E-state index is 5.93. The number of hydrogen-bond donors (Lipinski definition) is 2. The molecule has 0 bridgehead atoms. The smallest absolute Gasteiger partial charge is 0.0736 e. The van der Waals surface area contributed by atoms with Crippen LogP contribution in [0.15, 0.2) is 18.2 Å². The van der Waals surface area contributed by atoms with Crippen molar-refractivity contribution in [3.8, 4) is 0 Å². The van der Waals surface area contributed by atoms with Crippen molar-refractivity contribution in [3.63, 3.8) is 0 Å². The molecule has 0 amide bonds. The molecule has 1 rings (SSSR count). The van der Waals surface area contributed by atoms with Crippen molar-refractivity contribution in [1.29, 1.82) is 0 Å². The van der Waals surface area contributed by atoms with Gasteiger partial charge in [0.15, 0.2) is 0 Å². The molecule has 0 fully saturated rings. The van der Waals surface area contributed by atoms with Gasteiger partial charge in [-0.15, -0.1) is 0 Å². The van der Waals surface area contributed by atoms with Crippen molar-refractivity contribution >= 4 is 11.4 Å². The van der Waals surface area contributed by atoms with Crippen LogP contribution in [0, 0.1) is 0 Å². The molecule has 0 radical (unpaired) electrons. The highest BCUT2D eigenvalue weighted by Crippen LogP contribution is 2.17. The molecule has 1 aromatic rings. The lowest BCUT2D eigenvalue weighted by molar-refractivity contribution is 0.117. The predicted molar refractivity (Wildman–Crippen MR) is 115 cm³/mol. The predicted octanol–water partition coefficient (Wildman–Crippen LogP) is 6.85. The first kappa shape index (κ1) is 22.8. The summed E-state index contributed by atoms with van der Waals surface area (Å²) in [5.41, 5.74) is 14.1. The average molecular weight is 363 g/mol. The van der Waals surface area contributed by atoms with E-state index in [0.717, 1.165) is 24.3 Å². The first-order valence-electron chi connectivity index (χ1n) is 11.0. The normalized spacial score (nSPS) is 11.1. The van der Waals surface area contributed by atoms with Gasteiger partial charge >= 0.3 is 0 Å². The van der Waals surface area contributed by atoms with Crippen LogP contribution in [0.25, 0.3) is 0 Å². The van der Waals surface area contributed by atoms with Crippen LogP contribution in [0.3, 0.4) is 0 Å². The zero-order chi connectivity index (χ0) is 18.9. The second-order valence-corrected chi connectivity index (χ2v) is 7.61. The standard InChI is InChI=1S/C23H42N2O/c1-2-3-4-5-6-7-8-9-10-11-12-13-14-15-18-26-20-21-16-17-22(24)19-23(21)25/h16-17,19H,2-15,18,20,24-25H2,1H3. The Morgan fingerprint density at radius 2 is 1.19 bits per heavy atom. The molecule has 0 unspecified atom stereocenters. The average Bonchev–Trinajstić information content (AvgIpc) is 2.63. The summed E-state index contributed by atoms with van der Waals surface area (Å²) < 4.78 is 5.73. The van der Waals surface area contributed by atoms with Crippen LogP contribution in [-0.4, -0.2) is 6.61 Å². The number of unbranched alkanes of at least 4 members (excludes halogenated alkanes) is 13. The molecular formula is C23H42N2O. The van der Waals surface area contributed by atoms with Gasteiger partial charge in [-0.2, -0.15) is 0 Å². The van der Waals surface area contributed by atoms with Crippen molar-refractivity contribution in [1.82, 2.24) is 0 Å². The molecule has 0 saturated carbocycles. The first-order chi connectivity index (χ1) is 12.7. The number of hydrogen-bond acceptors (Lipinski definition) is 3. The molecule has 26 heavy (non-hydrogen) atoms. The Balaban J connectivity index is 1.79. The van der Waals surface area contributed by atoms with Crippen LogP contribution in [0.5, 0.6) is 0 Å². The molecule has 0 aromatic heterocycles. The number of nitrogen functional groups attached to an aromatic ring is 2. The van der Waals surface area contributed by atoms with Crippen LogP contribution in [0.2, 0.25) is 0 Å². The fourth-order valence-corrected chi connectivity index (χ4v) is 3.33. The maximum Gasteiger partial charge on any atom is 0.0736 e. The minimum Gasteiger partial charge on any atom is -0.399 e. The fourth-order valence-electron chi connectivity index (χ4n) is 3.33. The molecule has 0 aliphatic heterocycles. The first-order valence-corrected chi connectivity index (χ1v) is 11.0. The quantitative estimate of drug-likeness (QED) is 0.235. The summed E-state index contributed by atoms with van der Waals surface area (Å²) in [6.07, 6.45) is 19.4. The van der Waals surface area contributed by atoms with E-state index in [9.17, 15) is 0 Å². The summed E-state index contributed by atoms with van der Waals surface area (Å²) in [6, 6.07) is 5.63. The third-order valence-electron chi connectivity index (χ3n) is 5.07. The summed E-state index contributed by atoms with van der Waals surface area (Å²) in [5, 5.41) is 0. The highest BCUT2D eigenvalue weighted by atomic mass is 16.5. The van der Waals surface area contributed by atoms with E-state index in [1.807, 2.05) is 12.1 Å². The third-order valence-corrected chi connectivity index (χ3v) is 5.07. The van der Waals surface area contributed by atoms with Gasteiger partial charge < -0.3 is 16.2 Å². The van der Waals surface area contributed by atoms with Gasteiger partial charge in [0.2, 0.25) is 0 Å². The Morgan fingerprint density at radius 3 is 1.69 bits per heavy atom. The second-order valence-electron chi connectivity index (χ2n) is 7.61. The summed E-state index contributed by atoms with van der Waals surface area (Å²) >= 11 is 0. The van der Waals surface area contributed by atoms with E-state index in [4.69, 9.17) is 16.2 Å². The molecule has 3 nitrogen and oxygen atoms in total. The topological polar surface area (TPSA) is 61.3 Å². The molecule has 0 atom stereocenters. The highest BCUT2D eigenvalue weighted by Gasteiger charge is 2.00. The zero-order valence-electron chi connectivity index (χ0n) is 17.1. The van der Waals surface area contributed by atoms with Crippen molar-refractivity contribution < 1.29 is 4.74 Å². The van der Waals surface area contributed by atoms with Gasteiger partial charge in [0.05, 0.1) is 6.61 Å². The summed E-state index contributed by atoms with van der Waals surface area (Å²) in [6.45, 7) is 3.69. The molecule has 0 spiro atoms. The van der Waals surface area contributed by atoms with E-state index in [-0.39, 0.29) is 0 Å². The Hall–Kier alpha value is -1.22. The largest absolute Gasteiger partial charge is 0.399 e. The molecular weight excluding hydrogens is 320 g/mol. The van der Waals surface area contributed by atoms with Gasteiger partial charge in [0.25, 0.3) is 0 Å². The lowest BCUT2D eigenvalue weighted by atomic mass is 10.0. The van der Waals surface area contributed by atoms with Crippen molar-refractivity contribution in [2.45, 2.75) is 103 Å². The van der Waals surface area contributed by atoms with E-state index in [1.165, 1.54) is 83.5 Å². The van der Waals surface area contributed by atoms with E-state index >= 15 is 0 Å². The van der Waals surface area contributed by atoms with E-state index in [1.54, 1.807) is 6.07 Å². The van der Waals surface area contributed by atoms with Gasteiger partial charge in [0, 0.05) is 23.5 Å². The zero-order valence-corrected chi connectivity index (χ0v) is 17.1. The van der Waals surface area contributed by atoms with Crippen molar-refractivity contribution in [2.24, 2.45) is 0 Å². The number of benzene rings is 1. The second kappa shape index (κ2) is 16.0. The lowest BCUT2D eigenvalue weighted by Crippen LogP contribution is -2.00. The summed E-state index contributed by atoms with van der Waals surface area (Å²) in [5.74, 6) is 0. The number of nitrogens with two attached hydrogens (primary N) is 2. The van der Waals surface area contributed by atoms with Crippen LogP contribution >= 0.6 is 0 Å². The summed E-state index contributed by atoms with van der Waals surface area (Å²) in [4.78, 5) is 0. The summed E-state index contributed by atoms with van der Waals surface area (Å²) in [7, 11) is 0. The minimum atomic E-state index is 0.588. The monoisotopic (exact) mass is 362 g/mol. The van der Waals surface area contributed by atoms with E-state index in [2.05, 4.69) is 6.92 Å². The van der Waals surface area contributed by atoms with Gasteiger partial charge in [-0.05, 0) is 18.6 Å². The molecule has 0 saturated heterocycles. The van der Waals surface area contributed by atoms with Gasteiger partial charge in [-0.3, -0.25) is 0 Å². The number of ether oxygens (including phenoxy) is 1. The Morgan fingerprint density at radius 1 is 0.692 bits per heavy atom. The highest BCUT2D eigenvalue weighted by molar-refractivity contribution is 5.56. The molecule has 0 heterocycles. The minimum absolute atomic E-state index is 0.588. The van der Waals surface area contributed by atoms with Gasteiger partial charge in [-0.25, -0.2) is 0 Å². The third kappa shape index (κ3) is 12.2. The molecule has 3 heteroatoms. The van der Waals surface area contributed by atoms with E-state index in [0.29, 0.717) is 12.3 Å². The number of rotatable bonds is 17. The fraction of sp³-hybridized carbons (Fsp3) is 0.739. The van der Waals surface area contributed by atoms with Crippen molar-refractivity contribution in [3.05, 3.63) is 23.8 Å². The van der Waals surface area contributed by atoms with Crippen LogP contribution in [0.4, 0.5) is 11.4 Å². The van der Waals surface area contributed by atoms with Crippen molar-refractivity contribution in [2.75, 3.05) is 18.1 Å². The molecule has 0 aliphatic rings. The Kier molecular flexibility index (Phi) is 14.0. The molecule has 4 N–H and O–H groups in total. The van der Waals surface area contributed by atoms with Crippen LogP contribution in [-0.2, 0) is 11.3 Å². The van der Waals surface area contributed by atoms with Gasteiger partial charge in [-0.1, -0.05) is 96.5 Å². The van der Waals surface area contributed by atoms with Crippen LogP contribution < -0.4 is 11.5 Å². The Bertz CT molecular complexity index is 448.